The summed E-state index contributed by atoms with van der Waals surface area (Å²) in [6.07, 6.45) is 0. The lowest BCUT2D eigenvalue weighted by Gasteiger charge is -2.20. The molecule has 2 rings (SSSR count). The molecule has 0 radical (unpaired) electrons. The van der Waals surface area contributed by atoms with Gasteiger partial charge in [-0.2, -0.15) is 0 Å². The van der Waals surface area contributed by atoms with Gasteiger partial charge in [0.2, 0.25) is 0 Å². The largest absolute Gasteiger partial charge is 0.113 e. The third-order valence-corrected chi connectivity index (χ3v) is 4.61. The Bertz CT molecular complexity index is 597. The van der Waals surface area contributed by atoms with Crippen LogP contribution in [0.4, 0.5) is 0 Å². The van der Waals surface area contributed by atoms with Crippen molar-refractivity contribution >= 4 is 39.1 Å². The van der Waals surface area contributed by atoms with Crippen molar-refractivity contribution in [1.82, 2.24) is 0 Å². The summed E-state index contributed by atoms with van der Waals surface area (Å²) in [7, 11) is 0. The van der Waals surface area contributed by atoms with Crippen molar-refractivity contribution in [3.8, 4) is 0 Å². The fraction of sp³-hybridized carbons (Fsp3) is 0.294. The van der Waals surface area contributed by atoms with Crippen LogP contribution in [-0.2, 0) is 5.41 Å². The maximum Gasteiger partial charge on any atom is 0.0849 e. The molecule has 0 saturated carbocycles. The molecule has 0 aromatic heterocycles. The molecule has 20 heavy (non-hydrogen) atoms. The van der Waals surface area contributed by atoms with Crippen LogP contribution in [0.1, 0.15) is 42.8 Å². The van der Waals surface area contributed by atoms with Gasteiger partial charge in [0.15, 0.2) is 0 Å². The number of alkyl halides is 1. The minimum absolute atomic E-state index is 0.148. The molecular formula is C17H17BrCl2. The molecule has 0 fully saturated rings. The average molecular weight is 372 g/mol. The fourth-order valence-electron chi connectivity index (χ4n) is 2.04. The zero-order valence-corrected chi connectivity index (χ0v) is 14.9. The van der Waals surface area contributed by atoms with Gasteiger partial charge in [-0.15, -0.1) is 11.6 Å². The first-order valence-electron chi connectivity index (χ1n) is 6.48. The molecule has 3 heteroatoms. The molecule has 0 spiro atoms. The van der Waals surface area contributed by atoms with Crippen LogP contribution < -0.4 is 0 Å². The van der Waals surface area contributed by atoms with Crippen LogP contribution in [0.3, 0.4) is 0 Å². The Morgan fingerprint density at radius 2 is 1.60 bits per heavy atom. The van der Waals surface area contributed by atoms with Crippen LogP contribution >= 0.6 is 39.1 Å². The van der Waals surface area contributed by atoms with Gasteiger partial charge >= 0.3 is 0 Å². The summed E-state index contributed by atoms with van der Waals surface area (Å²) in [5, 5.41) is 0.448. The Labute approximate surface area is 139 Å². The number of hydrogen-bond acceptors (Lipinski definition) is 0. The van der Waals surface area contributed by atoms with Crippen molar-refractivity contribution in [3.05, 3.63) is 68.7 Å². The Kier molecular flexibility index (Phi) is 4.84. The summed E-state index contributed by atoms with van der Waals surface area (Å²) >= 11 is 16.2. The second-order valence-electron chi connectivity index (χ2n) is 5.90. The van der Waals surface area contributed by atoms with E-state index in [2.05, 4.69) is 61.0 Å². The van der Waals surface area contributed by atoms with Crippen LogP contribution in [0.2, 0.25) is 5.02 Å². The maximum atomic E-state index is 6.56. The van der Waals surface area contributed by atoms with Gasteiger partial charge in [-0.05, 0) is 34.2 Å². The van der Waals surface area contributed by atoms with E-state index in [1.807, 2.05) is 18.2 Å². The smallest absolute Gasteiger partial charge is 0.0849 e. The summed E-state index contributed by atoms with van der Waals surface area (Å²) in [6.45, 7) is 6.60. The molecule has 0 aliphatic carbocycles. The van der Waals surface area contributed by atoms with Gasteiger partial charge in [-0.1, -0.05) is 78.6 Å². The molecule has 0 N–H and O–H groups in total. The number of rotatable bonds is 2. The molecule has 106 valence electrons. The van der Waals surface area contributed by atoms with Gasteiger partial charge in [0, 0.05) is 9.50 Å². The maximum absolute atomic E-state index is 6.56. The van der Waals surface area contributed by atoms with Gasteiger partial charge in [-0.25, -0.2) is 0 Å². The predicted octanol–water partition coefficient (Wildman–Crippen LogP) is 6.73. The number of halogens is 3. The van der Waals surface area contributed by atoms with Crippen molar-refractivity contribution < 1.29 is 0 Å². The van der Waals surface area contributed by atoms with Crippen LogP contribution in [0, 0.1) is 0 Å². The van der Waals surface area contributed by atoms with Crippen molar-refractivity contribution in [1.29, 1.82) is 0 Å². The zero-order valence-electron chi connectivity index (χ0n) is 11.8. The standard InChI is InChI=1S/C17H17BrCl2/c1-17(2,3)12-6-4-11(5-7-12)16(20)14-9-8-13(18)10-15(14)19/h4-10,16H,1-3H3. The average Bonchev–Trinajstić information content (AvgIpc) is 2.37. The van der Waals surface area contributed by atoms with Gasteiger partial charge in [0.25, 0.3) is 0 Å². The normalized spacial score (nSPS) is 13.3. The second kappa shape index (κ2) is 6.09. The van der Waals surface area contributed by atoms with E-state index in [0.717, 1.165) is 15.6 Å². The summed E-state index contributed by atoms with van der Waals surface area (Å²) < 4.78 is 0.957. The molecule has 2 aromatic rings. The highest BCUT2D eigenvalue weighted by Gasteiger charge is 2.17. The Morgan fingerprint density at radius 3 is 2.10 bits per heavy atom. The highest BCUT2D eigenvalue weighted by molar-refractivity contribution is 9.10. The molecule has 0 nitrogen and oxygen atoms in total. The first-order valence-corrected chi connectivity index (χ1v) is 8.09. The van der Waals surface area contributed by atoms with Gasteiger partial charge in [0.05, 0.1) is 5.38 Å². The molecule has 0 heterocycles. The monoisotopic (exact) mass is 370 g/mol. The molecule has 1 atom stereocenters. The Hall–Kier alpha value is -0.500. The number of hydrogen-bond donors (Lipinski definition) is 0. The topological polar surface area (TPSA) is 0 Å². The van der Waals surface area contributed by atoms with Gasteiger partial charge < -0.3 is 0 Å². The van der Waals surface area contributed by atoms with E-state index >= 15 is 0 Å². The van der Waals surface area contributed by atoms with E-state index in [1.165, 1.54) is 5.56 Å². The molecule has 0 bridgehead atoms. The van der Waals surface area contributed by atoms with Crippen LogP contribution in [0.15, 0.2) is 46.9 Å². The highest BCUT2D eigenvalue weighted by Crippen LogP contribution is 2.35. The quantitative estimate of drug-likeness (QED) is 0.513. The zero-order chi connectivity index (χ0) is 14.9. The SMILES string of the molecule is CC(C)(C)c1ccc(C(Cl)c2ccc(Br)cc2Cl)cc1. The summed E-state index contributed by atoms with van der Waals surface area (Å²) in [5.41, 5.74) is 3.44. The molecule has 0 saturated heterocycles. The Balaban J connectivity index is 2.31. The van der Waals surface area contributed by atoms with Crippen LogP contribution in [0.5, 0.6) is 0 Å². The van der Waals surface area contributed by atoms with Crippen molar-refractivity contribution in [2.75, 3.05) is 0 Å². The third kappa shape index (κ3) is 3.58. The van der Waals surface area contributed by atoms with E-state index < -0.39 is 0 Å². The lowest BCUT2D eigenvalue weighted by molar-refractivity contribution is 0.590. The van der Waals surface area contributed by atoms with E-state index in [-0.39, 0.29) is 10.8 Å². The molecule has 0 amide bonds. The molecule has 0 aliphatic rings. The van der Waals surface area contributed by atoms with Crippen LogP contribution in [-0.4, -0.2) is 0 Å². The lowest BCUT2D eigenvalue weighted by atomic mass is 9.86. The van der Waals surface area contributed by atoms with E-state index in [1.54, 1.807) is 0 Å². The minimum Gasteiger partial charge on any atom is -0.113 e. The number of benzene rings is 2. The predicted molar refractivity (Wildman–Crippen MR) is 92.0 cm³/mol. The molecule has 2 aromatic carbocycles. The fourth-order valence-corrected chi connectivity index (χ4v) is 3.21. The Morgan fingerprint density at radius 1 is 1.00 bits per heavy atom. The van der Waals surface area contributed by atoms with Gasteiger partial charge in [0.1, 0.15) is 0 Å². The van der Waals surface area contributed by atoms with E-state index in [9.17, 15) is 0 Å². The van der Waals surface area contributed by atoms with Crippen molar-refractivity contribution in [2.45, 2.75) is 31.6 Å². The second-order valence-corrected chi connectivity index (χ2v) is 7.66. The van der Waals surface area contributed by atoms with Gasteiger partial charge in [-0.3, -0.25) is 0 Å². The molecular weight excluding hydrogens is 355 g/mol. The lowest BCUT2D eigenvalue weighted by Crippen LogP contribution is -2.10. The third-order valence-electron chi connectivity index (χ3n) is 3.30. The minimum atomic E-state index is -0.232. The summed E-state index contributed by atoms with van der Waals surface area (Å²) in [6, 6.07) is 14.2. The van der Waals surface area contributed by atoms with Crippen LogP contribution in [0.25, 0.3) is 0 Å². The van der Waals surface area contributed by atoms with E-state index in [4.69, 9.17) is 23.2 Å². The summed E-state index contributed by atoms with van der Waals surface area (Å²) in [5.74, 6) is 0. The molecule has 1 unspecified atom stereocenters. The molecule has 0 aliphatic heterocycles. The first kappa shape index (κ1) is 15.9. The summed E-state index contributed by atoms with van der Waals surface area (Å²) in [4.78, 5) is 0. The first-order chi connectivity index (χ1) is 9.29. The van der Waals surface area contributed by atoms with E-state index in [0.29, 0.717) is 5.02 Å². The van der Waals surface area contributed by atoms with Crippen molar-refractivity contribution in [3.63, 3.8) is 0 Å². The highest BCUT2D eigenvalue weighted by atomic mass is 79.9. The van der Waals surface area contributed by atoms with Crippen molar-refractivity contribution in [2.24, 2.45) is 0 Å².